The Morgan fingerprint density at radius 2 is 1.04 bits per heavy atom. The monoisotopic (exact) mass is 323 g/mol. The summed E-state index contributed by atoms with van der Waals surface area (Å²) in [6.45, 7) is 0. The third-order valence-corrected chi connectivity index (χ3v) is 6.01. The number of fused-ring (bicyclic) bond motifs is 14. The highest BCUT2D eigenvalue weighted by Crippen LogP contribution is 2.32. The van der Waals surface area contributed by atoms with Gasteiger partial charge in [-0.3, -0.25) is 0 Å². The number of carboxylic acid groups (broad SMARTS) is 1. The van der Waals surface area contributed by atoms with Gasteiger partial charge in [0.25, 0.3) is 0 Å². The smallest absolute Gasteiger partial charge is 0.404 e. The fourth-order valence-corrected chi connectivity index (χ4v) is 4.75. The van der Waals surface area contributed by atoms with E-state index in [0.717, 1.165) is 24.7 Å². The average molecular weight is 324 g/mol. The standard InChI is InChI=1S/C20H37NO2/c22-20(23)21-19-15-17-11-8-6-4-2-1-3-5-7-9-12-18(16-19)14-10-13-17/h17-19,21H,1-16H2,(H,22,23). The highest BCUT2D eigenvalue weighted by atomic mass is 16.4. The van der Waals surface area contributed by atoms with Crippen molar-refractivity contribution in [2.45, 2.75) is 109 Å². The predicted octanol–water partition coefficient (Wildman–Crippen LogP) is 6.12. The summed E-state index contributed by atoms with van der Waals surface area (Å²) in [5.41, 5.74) is 0. The molecule has 3 aliphatic rings. The molecule has 23 heavy (non-hydrogen) atoms. The van der Waals surface area contributed by atoms with Crippen molar-refractivity contribution in [1.29, 1.82) is 0 Å². The molecule has 0 spiro atoms. The lowest BCUT2D eigenvalue weighted by Gasteiger charge is -2.31. The molecule has 0 aromatic rings. The van der Waals surface area contributed by atoms with Crippen LogP contribution in [0.15, 0.2) is 0 Å². The van der Waals surface area contributed by atoms with Crippen LogP contribution < -0.4 is 5.32 Å². The van der Waals surface area contributed by atoms with E-state index in [1.54, 1.807) is 0 Å². The fraction of sp³-hybridized carbons (Fsp3) is 0.950. The number of carbonyl (C=O) groups is 1. The van der Waals surface area contributed by atoms with E-state index in [1.807, 2.05) is 0 Å². The van der Waals surface area contributed by atoms with Gasteiger partial charge in [-0.15, -0.1) is 0 Å². The Balaban J connectivity index is 1.92. The molecule has 0 saturated heterocycles. The van der Waals surface area contributed by atoms with Gasteiger partial charge in [0.2, 0.25) is 0 Å². The van der Waals surface area contributed by atoms with Crippen molar-refractivity contribution < 1.29 is 9.90 Å². The van der Waals surface area contributed by atoms with Crippen molar-refractivity contribution in [3.8, 4) is 0 Å². The van der Waals surface area contributed by atoms with Crippen LogP contribution in [0.4, 0.5) is 4.79 Å². The predicted molar refractivity (Wildman–Crippen MR) is 95.8 cm³/mol. The van der Waals surface area contributed by atoms with Crippen molar-refractivity contribution in [2.24, 2.45) is 11.8 Å². The molecule has 3 rings (SSSR count). The van der Waals surface area contributed by atoms with E-state index in [4.69, 9.17) is 5.11 Å². The molecular weight excluding hydrogens is 286 g/mol. The molecule has 134 valence electrons. The van der Waals surface area contributed by atoms with E-state index in [0.29, 0.717) is 0 Å². The van der Waals surface area contributed by atoms with Gasteiger partial charge in [-0.05, 0) is 24.7 Å². The molecule has 0 aliphatic heterocycles. The molecule has 0 aromatic carbocycles. The van der Waals surface area contributed by atoms with Crippen LogP contribution >= 0.6 is 0 Å². The lowest BCUT2D eigenvalue weighted by atomic mass is 9.79. The maximum Gasteiger partial charge on any atom is 0.404 e. The minimum atomic E-state index is -0.831. The first-order valence-corrected chi connectivity index (χ1v) is 10.2. The highest BCUT2D eigenvalue weighted by molar-refractivity contribution is 5.64. The summed E-state index contributed by atoms with van der Waals surface area (Å²) >= 11 is 0. The molecular formula is C20H37NO2. The number of rotatable bonds is 1. The summed E-state index contributed by atoms with van der Waals surface area (Å²) in [6.07, 6.45) is 20.4. The third kappa shape index (κ3) is 8.08. The van der Waals surface area contributed by atoms with Gasteiger partial charge in [-0.1, -0.05) is 89.9 Å². The molecule has 1 amide bonds. The van der Waals surface area contributed by atoms with Crippen LogP contribution in [-0.2, 0) is 0 Å². The van der Waals surface area contributed by atoms with Crippen LogP contribution in [0.1, 0.15) is 103 Å². The molecule has 2 atom stereocenters. The largest absolute Gasteiger partial charge is 0.465 e. The summed E-state index contributed by atoms with van der Waals surface area (Å²) in [5, 5.41) is 12.0. The summed E-state index contributed by atoms with van der Waals surface area (Å²) in [5.74, 6) is 1.47. The Hall–Kier alpha value is -0.730. The zero-order chi connectivity index (χ0) is 16.3. The quantitative estimate of drug-likeness (QED) is 0.610. The molecule has 0 aromatic heterocycles. The van der Waals surface area contributed by atoms with E-state index >= 15 is 0 Å². The van der Waals surface area contributed by atoms with E-state index in [1.165, 1.54) is 89.9 Å². The van der Waals surface area contributed by atoms with Gasteiger partial charge < -0.3 is 10.4 Å². The van der Waals surface area contributed by atoms with Crippen LogP contribution in [0, 0.1) is 11.8 Å². The normalized spacial score (nSPS) is 32.1. The van der Waals surface area contributed by atoms with Crippen LogP contribution in [0.2, 0.25) is 0 Å². The van der Waals surface area contributed by atoms with Crippen LogP contribution in [0.3, 0.4) is 0 Å². The Labute approximate surface area is 142 Å². The van der Waals surface area contributed by atoms with Crippen molar-refractivity contribution in [1.82, 2.24) is 5.32 Å². The van der Waals surface area contributed by atoms with E-state index in [2.05, 4.69) is 5.32 Å². The van der Waals surface area contributed by atoms with Gasteiger partial charge in [0.1, 0.15) is 0 Å². The number of hydrogen-bond acceptors (Lipinski definition) is 1. The van der Waals surface area contributed by atoms with E-state index < -0.39 is 6.09 Å². The fourth-order valence-electron chi connectivity index (χ4n) is 4.75. The van der Waals surface area contributed by atoms with Gasteiger partial charge in [-0.2, -0.15) is 0 Å². The molecule has 2 unspecified atom stereocenters. The number of amides is 1. The van der Waals surface area contributed by atoms with Crippen LogP contribution in [0.5, 0.6) is 0 Å². The minimum Gasteiger partial charge on any atom is -0.465 e. The van der Waals surface area contributed by atoms with Crippen LogP contribution in [-0.4, -0.2) is 17.2 Å². The third-order valence-electron chi connectivity index (χ3n) is 6.01. The molecule has 2 N–H and O–H groups in total. The molecule has 0 heterocycles. The van der Waals surface area contributed by atoms with Gasteiger partial charge in [0.15, 0.2) is 0 Å². The van der Waals surface area contributed by atoms with Gasteiger partial charge in [0, 0.05) is 6.04 Å². The Kier molecular flexibility index (Phi) is 8.85. The first-order valence-electron chi connectivity index (χ1n) is 10.2. The zero-order valence-corrected chi connectivity index (χ0v) is 14.9. The Morgan fingerprint density at radius 3 is 1.48 bits per heavy atom. The van der Waals surface area contributed by atoms with Crippen molar-refractivity contribution in [3.63, 3.8) is 0 Å². The van der Waals surface area contributed by atoms with Gasteiger partial charge >= 0.3 is 6.09 Å². The summed E-state index contributed by atoms with van der Waals surface area (Å²) < 4.78 is 0. The lowest BCUT2D eigenvalue weighted by molar-refractivity contribution is 0.177. The molecule has 3 saturated carbocycles. The SMILES string of the molecule is O=C(O)NC1CC2CCCCCCCCCCCC(CCC2)C1. The average Bonchev–Trinajstić information content (AvgIpc) is 2.47. The molecule has 3 nitrogen and oxygen atoms in total. The number of hydrogen-bond donors (Lipinski definition) is 2. The first-order chi connectivity index (χ1) is 11.2. The summed E-state index contributed by atoms with van der Waals surface area (Å²) in [7, 11) is 0. The van der Waals surface area contributed by atoms with Gasteiger partial charge in [0.05, 0.1) is 0 Å². The maximum atomic E-state index is 11.1. The summed E-state index contributed by atoms with van der Waals surface area (Å²) in [4.78, 5) is 11.1. The second kappa shape index (κ2) is 10.9. The van der Waals surface area contributed by atoms with E-state index in [-0.39, 0.29) is 6.04 Å². The van der Waals surface area contributed by atoms with Crippen LogP contribution in [0.25, 0.3) is 0 Å². The Bertz CT molecular complexity index is 306. The topological polar surface area (TPSA) is 49.3 Å². The van der Waals surface area contributed by atoms with E-state index in [9.17, 15) is 4.79 Å². The zero-order valence-electron chi connectivity index (χ0n) is 14.9. The van der Waals surface area contributed by atoms with Gasteiger partial charge in [-0.25, -0.2) is 4.79 Å². The Morgan fingerprint density at radius 1 is 0.652 bits per heavy atom. The van der Waals surface area contributed by atoms with Crippen molar-refractivity contribution in [2.75, 3.05) is 0 Å². The lowest BCUT2D eigenvalue weighted by Crippen LogP contribution is -2.37. The highest BCUT2D eigenvalue weighted by Gasteiger charge is 2.24. The molecule has 0 radical (unpaired) electrons. The number of nitrogens with one attached hydrogen (secondary N) is 1. The molecule has 2 bridgehead atoms. The molecule has 3 aliphatic carbocycles. The summed E-state index contributed by atoms with van der Waals surface area (Å²) in [6, 6.07) is 0.190. The minimum absolute atomic E-state index is 0.190. The maximum absolute atomic E-state index is 11.1. The van der Waals surface area contributed by atoms with Crippen molar-refractivity contribution in [3.05, 3.63) is 0 Å². The molecule has 3 heteroatoms. The first kappa shape index (κ1) is 18.6. The second-order valence-electron chi connectivity index (χ2n) is 8.04. The second-order valence-corrected chi connectivity index (χ2v) is 8.04. The van der Waals surface area contributed by atoms with Crippen molar-refractivity contribution >= 4 is 6.09 Å². The molecule has 3 fully saturated rings.